The first-order valence-corrected chi connectivity index (χ1v) is 6.71. The van der Waals surface area contributed by atoms with E-state index in [1.54, 1.807) is 6.20 Å². The van der Waals surface area contributed by atoms with E-state index in [0.29, 0.717) is 17.1 Å². The Labute approximate surface area is 113 Å². The van der Waals surface area contributed by atoms with Crippen LogP contribution in [0.15, 0.2) is 17.0 Å². The van der Waals surface area contributed by atoms with Gasteiger partial charge in [-0.15, -0.1) is 0 Å². The molecule has 3 rings (SSSR count). The highest BCUT2D eigenvalue weighted by Crippen LogP contribution is 2.39. The lowest BCUT2D eigenvalue weighted by Gasteiger charge is -2.04. The monoisotopic (exact) mass is 308 g/mol. The number of halogens is 1. The van der Waals surface area contributed by atoms with E-state index in [0.717, 1.165) is 17.0 Å². The number of aliphatic hydroxyl groups is 1. The molecular formula is C12H13BrN4O. The van der Waals surface area contributed by atoms with Crippen molar-refractivity contribution in [3.8, 4) is 0 Å². The summed E-state index contributed by atoms with van der Waals surface area (Å²) in [5, 5.41) is 16.6. The molecule has 18 heavy (non-hydrogen) atoms. The molecule has 2 heterocycles. The highest BCUT2D eigenvalue weighted by atomic mass is 79.9. The number of rotatable bonds is 4. The van der Waals surface area contributed by atoms with Crippen LogP contribution in [0.2, 0.25) is 0 Å². The van der Waals surface area contributed by atoms with Crippen LogP contribution < -0.4 is 0 Å². The average Bonchev–Trinajstić information content (AvgIpc) is 3.11. The fraction of sp³-hybridized carbons (Fsp3) is 0.417. The van der Waals surface area contributed by atoms with Crippen LogP contribution in [0.4, 0.5) is 0 Å². The Balaban J connectivity index is 1.83. The van der Waals surface area contributed by atoms with Crippen molar-refractivity contribution in [2.75, 3.05) is 0 Å². The van der Waals surface area contributed by atoms with Gasteiger partial charge in [-0.3, -0.25) is 5.10 Å². The van der Waals surface area contributed by atoms with Crippen LogP contribution in [0.1, 0.15) is 41.4 Å². The van der Waals surface area contributed by atoms with Crippen LogP contribution in [0.5, 0.6) is 0 Å². The van der Waals surface area contributed by atoms with E-state index < -0.39 is 0 Å². The summed E-state index contributed by atoms with van der Waals surface area (Å²) in [5.74, 6) is 0.667. The van der Waals surface area contributed by atoms with Gasteiger partial charge >= 0.3 is 0 Å². The lowest BCUT2D eigenvalue weighted by molar-refractivity contribution is 0.279. The van der Waals surface area contributed by atoms with Gasteiger partial charge in [-0.05, 0) is 34.8 Å². The minimum Gasteiger partial charge on any atom is -0.392 e. The Hall–Kier alpha value is -1.27. The standard InChI is InChI=1S/C12H13BrN4O/c13-12-14-5-8(6-18)10(15-12)3-9-4-11(17-16-9)7-1-2-7/h4-5,7,18H,1-3,6H2,(H,16,17). The smallest absolute Gasteiger partial charge is 0.196 e. The van der Waals surface area contributed by atoms with Gasteiger partial charge in [-0.25, -0.2) is 9.97 Å². The maximum atomic E-state index is 9.27. The van der Waals surface area contributed by atoms with Gasteiger partial charge in [0.15, 0.2) is 4.73 Å². The molecule has 0 atom stereocenters. The molecule has 2 aromatic heterocycles. The van der Waals surface area contributed by atoms with E-state index >= 15 is 0 Å². The summed E-state index contributed by atoms with van der Waals surface area (Å²) in [4.78, 5) is 8.31. The lowest BCUT2D eigenvalue weighted by atomic mass is 10.1. The summed E-state index contributed by atoms with van der Waals surface area (Å²) in [5.41, 5.74) is 3.73. The number of nitrogens with zero attached hydrogens (tertiary/aromatic N) is 3. The quantitative estimate of drug-likeness (QED) is 0.846. The number of aromatic nitrogens is 4. The molecule has 0 aromatic carbocycles. The average molecular weight is 309 g/mol. The van der Waals surface area contributed by atoms with Gasteiger partial charge in [-0.2, -0.15) is 5.10 Å². The maximum Gasteiger partial charge on any atom is 0.196 e. The second-order valence-electron chi connectivity index (χ2n) is 4.53. The molecule has 1 aliphatic carbocycles. The Morgan fingerprint density at radius 3 is 3.00 bits per heavy atom. The molecule has 0 bridgehead atoms. The van der Waals surface area contributed by atoms with Crippen molar-refractivity contribution in [2.45, 2.75) is 31.8 Å². The van der Waals surface area contributed by atoms with Gasteiger partial charge in [0.05, 0.1) is 18.0 Å². The summed E-state index contributed by atoms with van der Waals surface area (Å²) in [6, 6.07) is 2.09. The van der Waals surface area contributed by atoms with Crippen molar-refractivity contribution < 1.29 is 5.11 Å². The molecular weight excluding hydrogens is 296 g/mol. The topological polar surface area (TPSA) is 74.7 Å². The predicted octanol–water partition coefficient (Wildman–Crippen LogP) is 1.92. The third kappa shape index (κ3) is 2.44. The molecule has 0 spiro atoms. The molecule has 0 radical (unpaired) electrons. The number of H-pyrrole nitrogens is 1. The van der Waals surface area contributed by atoms with Crippen molar-refractivity contribution in [3.63, 3.8) is 0 Å². The van der Waals surface area contributed by atoms with E-state index in [1.807, 2.05) is 0 Å². The Kier molecular flexibility index (Phi) is 3.13. The van der Waals surface area contributed by atoms with Crippen LogP contribution >= 0.6 is 15.9 Å². The molecule has 0 saturated heterocycles. The summed E-state index contributed by atoms with van der Waals surface area (Å²) in [7, 11) is 0. The van der Waals surface area contributed by atoms with E-state index in [-0.39, 0.29) is 6.61 Å². The van der Waals surface area contributed by atoms with Gasteiger partial charge in [0.25, 0.3) is 0 Å². The summed E-state index contributed by atoms with van der Waals surface area (Å²) < 4.78 is 0.535. The zero-order chi connectivity index (χ0) is 12.5. The first-order valence-electron chi connectivity index (χ1n) is 5.91. The molecule has 1 aliphatic rings. The summed E-state index contributed by atoms with van der Waals surface area (Å²) >= 11 is 3.25. The number of aromatic amines is 1. The fourth-order valence-electron chi connectivity index (χ4n) is 1.95. The minimum absolute atomic E-state index is 0.0531. The molecule has 1 fully saturated rings. The first kappa shape index (κ1) is 11.8. The van der Waals surface area contributed by atoms with Gasteiger partial charge in [0, 0.05) is 29.8 Å². The van der Waals surface area contributed by atoms with Gasteiger partial charge in [0.1, 0.15) is 0 Å². The SMILES string of the molecule is OCc1cnc(Br)nc1Cc1cc(C2CC2)[nH]n1. The predicted molar refractivity (Wildman–Crippen MR) is 69.0 cm³/mol. The van der Waals surface area contributed by atoms with E-state index in [4.69, 9.17) is 0 Å². The number of nitrogens with one attached hydrogen (secondary N) is 1. The summed E-state index contributed by atoms with van der Waals surface area (Å²) in [6.07, 6.45) is 4.76. The second kappa shape index (κ2) is 4.78. The summed E-state index contributed by atoms with van der Waals surface area (Å²) in [6.45, 7) is -0.0531. The number of aliphatic hydroxyl groups excluding tert-OH is 1. The molecule has 94 valence electrons. The maximum absolute atomic E-state index is 9.27. The molecule has 5 nitrogen and oxygen atoms in total. The van der Waals surface area contributed by atoms with Gasteiger partial charge in [0.2, 0.25) is 0 Å². The second-order valence-corrected chi connectivity index (χ2v) is 5.24. The third-order valence-corrected chi connectivity index (χ3v) is 3.49. The molecule has 0 aliphatic heterocycles. The number of hydrogen-bond acceptors (Lipinski definition) is 4. The van der Waals surface area contributed by atoms with Crippen LogP contribution in [0.3, 0.4) is 0 Å². The molecule has 0 amide bonds. The van der Waals surface area contributed by atoms with Crippen molar-refractivity contribution >= 4 is 15.9 Å². The van der Waals surface area contributed by atoms with Crippen LogP contribution in [0.25, 0.3) is 0 Å². The first-order chi connectivity index (χ1) is 8.76. The van der Waals surface area contributed by atoms with Gasteiger partial charge < -0.3 is 5.11 Å². The van der Waals surface area contributed by atoms with Crippen molar-refractivity contribution in [1.82, 2.24) is 20.2 Å². The Bertz CT molecular complexity index is 565. The Morgan fingerprint density at radius 1 is 1.44 bits per heavy atom. The van der Waals surface area contributed by atoms with E-state index in [9.17, 15) is 5.11 Å². The van der Waals surface area contributed by atoms with E-state index in [2.05, 4.69) is 42.2 Å². The zero-order valence-electron chi connectivity index (χ0n) is 9.73. The highest BCUT2D eigenvalue weighted by Gasteiger charge is 2.25. The largest absolute Gasteiger partial charge is 0.392 e. The molecule has 2 aromatic rings. The molecule has 6 heteroatoms. The normalized spacial score (nSPS) is 15.0. The minimum atomic E-state index is -0.0531. The third-order valence-electron chi connectivity index (χ3n) is 3.11. The number of hydrogen-bond donors (Lipinski definition) is 2. The van der Waals surface area contributed by atoms with Crippen LogP contribution in [-0.4, -0.2) is 25.3 Å². The van der Waals surface area contributed by atoms with Crippen molar-refractivity contribution in [1.29, 1.82) is 0 Å². The van der Waals surface area contributed by atoms with Crippen molar-refractivity contribution in [2.24, 2.45) is 0 Å². The van der Waals surface area contributed by atoms with Crippen molar-refractivity contribution in [3.05, 3.63) is 39.6 Å². The zero-order valence-corrected chi connectivity index (χ0v) is 11.3. The van der Waals surface area contributed by atoms with Crippen LogP contribution in [0, 0.1) is 0 Å². The Morgan fingerprint density at radius 2 is 2.28 bits per heavy atom. The lowest BCUT2D eigenvalue weighted by Crippen LogP contribution is -2.01. The highest BCUT2D eigenvalue weighted by molar-refractivity contribution is 9.10. The molecule has 2 N–H and O–H groups in total. The van der Waals surface area contributed by atoms with E-state index in [1.165, 1.54) is 18.5 Å². The molecule has 0 unspecified atom stereocenters. The molecule has 1 saturated carbocycles. The van der Waals surface area contributed by atoms with Crippen LogP contribution in [-0.2, 0) is 13.0 Å². The van der Waals surface area contributed by atoms with Gasteiger partial charge in [-0.1, -0.05) is 0 Å². The fourth-order valence-corrected chi connectivity index (χ4v) is 2.27.